The first-order valence-electron chi connectivity index (χ1n) is 10.5. The quantitative estimate of drug-likeness (QED) is 0.127. The van der Waals surface area contributed by atoms with E-state index in [9.17, 15) is 24.0 Å². The van der Waals surface area contributed by atoms with Crippen LogP contribution in [-0.2, 0) is 30.5 Å². The van der Waals surface area contributed by atoms with Crippen molar-refractivity contribution < 1.29 is 28.7 Å². The molecule has 5 amide bonds. The Morgan fingerprint density at radius 3 is 2.21 bits per heavy atom. The zero-order chi connectivity index (χ0) is 25.7. The molecule has 1 aromatic rings. The maximum atomic E-state index is 12.9. The van der Waals surface area contributed by atoms with Crippen LogP contribution in [0.5, 0.6) is 0 Å². The van der Waals surface area contributed by atoms with Crippen molar-refractivity contribution in [2.75, 3.05) is 18.4 Å². The maximum absolute atomic E-state index is 12.9. The second kappa shape index (κ2) is 14.3. The Balaban J connectivity index is 2.90. The smallest absolute Gasteiger partial charge is 0.312 e. The molecule has 12 nitrogen and oxygen atoms in total. The van der Waals surface area contributed by atoms with E-state index in [4.69, 9.17) is 16.2 Å². The molecule has 186 valence electrons. The molecule has 2 atom stereocenters. The van der Waals surface area contributed by atoms with E-state index >= 15 is 0 Å². The molecular formula is C22H32N6O6. The number of carbonyl (C=O) groups is 5. The average molecular weight is 477 g/mol. The summed E-state index contributed by atoms with van der Waals surface area (Å²) in [6.45, 7) is 6.56. The van der Waals surface area contributed by atoms with E-state index in [1.165, 1.54) is 6.92 Å². The lowest BCUT2D eigenvalue weighted by Gasteiger charge is -2.23. The molecule has 0 saturated carbocycles. The molecule has 0 unspecified atom stereocenters. The van der Waals surface area contributed by atoms with Crippen molar-refractivity contribution in [3.05, 3.63) is 42.0 Å². The van der Waals surface area contributed by atoms with E-state index < -0.39 is 41.8 Å². The summed E-state index contributed by atoms with van der Waals surface area (Å²) in [5.41, 5.74) is 11.9. The lowest BCUT2D eigenvalue weighted by Crippen LogP contribution is -2.53. The van der Waals surface area contributed by atoms with E-state index in [-0.39, 0.29) is 26.1 Å². The van der Waals surface area contributed by atoms with Crippen LogP contribution in [0, 0.1) is 0 Å². The third kappa shape index (κ3) is 10.6. The standard InChI is InChI=1S/C22H32N6O6/c1-13(2)19(28-18(30)11-23)21(32)27-17(5-4-10-25-22(24)33)20(31)26-16-8-6-15(7-9-16)12-34-14(3)29/h6-9,17,19H,1,4-5,10-12,23H2,2-3H3,(H,26,31)(H,27,32)(H,28,30)(H3,24,25,33)/t17-,19-/m1/s1. The predicted molar refractivity (Wildman–Crippen MR) is 125 cm³/mol. The lowest BCUT2D eigenvalue weighted by atomic mass is 10.1. The highest BCUT2D eigenvalue weighted by Crippen LogP contribution is 2.12. The molecule has 0 fully saturated rings. The summed E-state index contributed by atoms with van der Waals surface area (Å²) in [5.74, 6) is -2.10. The van der Waals surface area contributed by atoms with E-state index in [0.29, 0.717) is 17.7 Å². The molecule has 1 aromatic carbocycles. The number of primary amides is 1. The van der Waals surface area contributed by atoms with Crippen LogP contribution in [0.1, 0.15) is 32.3 Å². The Morgan fingerprint density at radius 2 is 1.68 bits per heavy atom. The second-order valence-corrected chi connectivity index (χ2v) is 7.51. The van der Waals surface area contributed by atoms with Gasteiger partial charge in [0.1, 0.15) is 18.7 Å². The molecule has 0 aliphatic carbocycles. The first-order chi connectivity index (χ1) is 16.0. The van der Waals surface area contributed by atoms with Gasteiger partial charge in [-0.25, -0.2) is 4.79 Å². The molecule has 0 radical (unpaired) electrons. The van der Waals surface area contributed by atoms with Crippen LogP contribution in [-0.4, -0.2) is 54.9 Å². The van der Waals surface area contributed by atoms with Crippen molar-refractivity contribution in [2.24, 2.45) is 11.5 Å². The van der Waals surface area contributed by atoms with Crippen LogP contribution in [0.3, 0.4) is 0 Å². The Hall–Kier alpha value is -3.93. The van der Waals surface area contributed by atoms with Crippen molar-refractivity contribution in [2.45, 2.75) is 45.4 Å². The van der Waals surface area contributed by atoms with Crippen LogP contribution >= 0.6 is 0 Å². The highest BCUT2D eigenvalue weighted by molar-refractivity contribution is 5.99. The van der Waals surface area contributed by atoms with Gasteiger partial charge in [-0.1, -0.05) is 18.7 Å². The summed E-state index contributed by atoms with van der Waals surface area (Å²) in [4.78, 5) is 59.2. The number of amides is 5. The number of carbonyl (C=O) groups excluding carboxylic acids is 5. The van der Waals surface area contributed by atoms with Crippen molar-refractivity contribution in [1.82, 2.24) is 16.0 Å². The number of hydrogen-bond donors (Lipinski definition) is 6. The molecule has 0 aliphatic rings. The Morgan fingerprint density at radius 1 is 1.03 bits per heavy atom. The number of ether oxygens (including phenoxy) is 1. The van der Waals surface area contributed by atoms with Crippen LogP contribution in [0.4, 0.5) is 10.5 Å². The van der Waals surface area contributed by atoms with E-state index in [2.05, 4.69) is 27.8 Å². The molecule has 12 heteroatoms. The van der Waals surface area contributed by atoms with Crippen molar-refractivity contribution in [3.8, 4) is 0 Å². The van der Waals surface area contributed by atoms with Crippen LogP contribution in [0.2, 0.25) is 0 Å². The highest BCUT2D eigenvalue weighted by Gasteiger charge is 2.27. The monoisotopic (exact) mass is 476 g/mol. The number of rotatable bonds is 13. The maximum Gasteiger partial charge on any atom is 0.312 e. The van der Waals surface area contributed by atoms with E-state index in [1.54, 1.807) is 31.2 Å². The van der Waals surface area contributed by atoms with Gasteiger partial charge in [0.25, 0.3) is 0 Å². The molecule has 0 heterocycles. The summed E-state index contributed by atoms with van der Waals surface area (Å²) in [6.07, 6.45) is 0.520. The van der Waals surface area contributed by atoms with Gasteiger partial charge in [0.15, 0.2) is 0 Å². The van der Waals surface area contributed by atoms with Gasteiger partial charge in [0, 0.05) is 19.2 Å². The summed E-state index contributed by atoms with van der Waals surface area (Å²) in [7, 11) is 0. The molecule has 1 rings (SSSR count). The van der Waals surface area contributed by atoms with E-state index in [1.807, 2.05) is 0 Å². The largest absolute Gasteiger partial charge is 0.461 e. The van der Waals surface area contributed by atoms with Gasteiger partial charge in [-0.2, -0.15) is 0 Å². The fraction of sp³-hybridized carbons (Fsp3) is 0.409. The SMILES string of the molecule is C=C(C)[C@@H](NC(=O)CN)C(=O)N[C@H](CCCNC(N)=O)C(=O)Nc1ccc(COC(C)=O)cc1. The number of urea groups is 1. The first kappa shape index (κ1) is 28.1. The van der Waals surface area contributed by atoms with Crippen molar-refractivity contribution in [3.63, 3.8) is 0 Å². The van der Waals surface area contributed by atoms with Crippen LogP contribution in [0.15, 0.2) is 36.4 Å². The number of benzene rings is 1. The van der Waals surface area contributed by atoms with Gasteiger partial charge < -0.3 is 37.5 Å². The van der Waals surface area contributed by atoms with Gasteiger partial charge in [-0.3, -0.25) is 19.2 Å². The minimum absolute atomic E-state index is 0.103. The van der Waals surface area contributed by atoms with Gasteiger partial charge in [0.05, 0.1) is 6.54 Å². The van der Waals surface area contributed by atoms with E-state index in [0.717, 1.165) is 5.56 Å². The Kier molecular flexibility index (Phi) is 11.8. The Labute approximate surface area is 197 Å². The summed E-state index contributed by atoms with van der Waals surface area (Å²) < 4.78 is 4.92. The van der Waals surface area contributed by atoms with Crippen molar-refractivity contribution >= 4 is 35.4 Å². The summed E-state index contributed by atoms with van der Waals surface area (Å²) in [6, 6.07) is 3.86. The van der Waals surface area contributed by atoms with Gasteiger partial charge in [-0.15, -0.1) is 0 Å². The van der Waals surface area contributed by atoms with Gasteiger partial charge >= 0.3 is 12.0 Å². The zero-order valence-electron chi connectivity index (χ0n) is 19.3. The minimum Gasteiger partial charge on any atom is -0.461 e. The molecule has 0 saturated heterocycles. The normalized spacial score (nSPS) is 12.0. The van der Waals surface area contributed by atoms with Gasteiger partial charge in [0.2, 0.25) is 17.7 Å². The Bertz CT molecular complexity index is 902. The molecule has 0 spiro atoms. The number of nitrogens with two attached hydrogens (primary N) is 2. The zero-order valence-corrected chi connectivity index (χ0v) is 19.3. The minimum atomic E-state index is -1.07. The highest BCUT2D eigenvalue weighted by atomic mass is 16.5. The molecule has 8 N–H and O–H groups in total. The third-order valence-electron chi connectivity index (χ3n) is 4.51. The topological polar surface area (TPSA) is 195 Å². The number of nitrogens with one attached hydrogen (secondary N) is 4. The number of hydrogen-bond acceptors (Lipinski definition) is 7. The fourth-order valence-corrected chi connectivity index (χ4v) is 2.77. The van der Waals surface area contributed by atoms with Gasteiger partial charge in [-0.05, 0) is 43.0 Å². The summed E-state index contributed by atoms with van der Waals surface area (Å²) >= 11 is 0. The van der Waals surface area contributed by atoms with Crippen LogP contribution in [0.25, 0.3) is 0 Å². The molecule has 0 aliphatic heterocycles. The van der Waals surface area contributed by atoms with Crippen LogP contribution < -0.4 is 32.7 Å². The average Bonchev–Trinajstić information content (AvgIpc) is 2.78. The molecule has 0 aromatic heterocycles. The predicted octanol–water partition coefficient (Wildman–Crippen LogP) is -0.359. The third-order valence-corrected chi connectivity index (χ3v) is 4.51. The molecule has 0 bridgehead atoms. The first-order valence-corrected chi connectivity index (χ1v) is 10.5. The molecular weight excluding hydrogens is 444 g/mol. The molecule has 34 heavy (non-hydrogen) atoms. The lowest BCUT2D eigenvalue weighted by molar-refractivity contribution is -0.142. The second-order valence-electron chi connectivity index (χ2n) is 7.51. The number of esters is 1. The number of anilines is 1. The fourth-order valence-electron chi connectivity index (χ4n) is 2.77. The summed E-state index contributed by atoms with van der Waals surface area (Å²) in [5, 5.41) is 10.2. The van der Waals surface area contributed by atoms with Crippen molar-refractivity contribution in [1.29, 1.82) is 0 Å².